The van der Waals surface area contributed by atoms with Crippen LogP contribution in [-0.4, -0.2) is 52.2 Å². The van der Waals surface area contributed by atoms with Gasteiger partial charge in [-0.05, 0) is 43.6 Å². The average molecular weight is 390 g/mol. The number of aliphatic carboxylic acids is 1. The van der Waals surface area contributed by atoms with Crippen LogP contribution in [0.25, 0.3) is 0 Å². The number of carboxylic acids is 1. The maximum Gasteiger partial charge on any atom is 0.326 e. The molecule has 3 rings (SSSR count). The number of nitrogens with zero attached hydrogens (tertiary/aromatic N) is 1. The molecule has 2 aliphatic heterocycles. The molecule has 0 unspecified atom stereocenters. The molecule has 0 radical (unpaired) electrons. The molecule has 152 valence electrons. The monoisotopic (exact) mass is 390 g/mol. The number of piperidine rings is 1. The second-order valence-corrected chi connectivity index (χ2v) is 7.42. The van der Waals surface area contributed by atoms with Crippen LogP contribution in [0.2, 0.25) is 0 Å². The van der Waals surface area contributed by atoms with Crippen LogP contribution in [0.4, 0.5) is 0 Å². The summed E-state index contributed by atoms with van der Waals surface area (Å²) in [6, 6.07) is 0. The summed E-state index contributed by atoms with van der Waals surface area (Å²) < 4.78 is 11.1. The fraction of sp³-hybridized carbons (Fsp3) is 0.500. The third-order valence-corrected chi connectivity index (χ3v) is 5.37. The Kier molecular flexibility index (Phi) is 6.21. The maximum atomic E-state index is 12.8. The number of hydrogen-bond donors (Lipinski definition) is 3. The first-order chi connectivity index (χ1) is 13.4. The van der Waals surface area contributed by atoms with E-state index in [9.17, 15) is 19.8 Å². The molecule has 1 atom stereocenters. The van der Waals surface area contributed by atoms with Crippen molar-refractivity contribution in [3.05, 3.63) is 47.8 Å². The summed E-state index contributed by atoms with van der Waals surface area (Å²) in [4.78, 5) is 25.7. The van der Waals surface area contributed by atoms with Crippen LogP contribution in [0.5, 0.6) is 0 Å². The third-order valence-electron chi connectivity index (χ3n) is 5.37. The topological polar surface area (TPSA) is 122 Å². The number of aliphatic hydroxyl groups excluding tert-OH is 1. The molecule has 2 heterocycles. The van der Waals surface area contributed by atoms with E-state index in [0.717, 1.165) is 18.4 Å². The first-order valence-corrected chi connectivity index (χ1v) is 9.45. The van der Waals surface area contributed by atoms with Gasteiger partial charge in [-0.15, -0.1) is 0 Å². The van der Waals surface area contributed by atoms with Gasteiger partial charge >= 0.3 is 5.97 Å². The van der Waals surface area contributed by atoms with Gasteiger partial charge in [-0.2, -0.15) is 0 Å². The van der Waals surface area contributed by atoms with E-state index in [2.05, 4.69) is 6.08 Å². The maximum absolute atomic E-state index is 12.8. The molecule has 0 aromatic rings. The van der Waals surface area contributed by atoms with Crippen LogP contribution < -0.4 is 5.73 Å². The molecule has 0 spiro atoms. The normalized spacial score (nSPS) is 22.2. The fourth-order valence-corrected chi connectivity index (χ4v) is 3.60. The van der Waals surface area contributed by atoms with Gasteiger partial charge in [0.2, 0.25) is 5.76 Å². The van der Waals surface area contributed by atoms with E-state index in [1.165, 1.54) is 12.5 Å². The standard InChI is InChI=1S/C20H26N2O6/c21-20(13-23,19(25)26)10-14-6-8-22(9-7-14)18(24)17-12-27-11-16(28-17)15-4-2-1-3-5-15/h1-2,4,11-12,14,23H,3,5-10,13,21H2,(H,25,26)/t20-/m1/s1. The van der Waals surface area contributed by atoms with Crippen LogP contribution in [0.3, 0.4) is 0 Å². The Bertz CT molecular complexity index is 746. The predicted molar refractivity (Wildman–Crippen MR) is 100 cm³/mol. The van der Waals surface area contributed by atoms with Gasteiger partial charge in [0.25, 0.3) is 5.91 Å². The zero-order valence-electron chi connectivity index (χ0n) is 15.7. The molecular formula is C20H26N2O6. The molecule has 4 N–H and O–H groups in total. The van der Waals surface area contributed by atoms with Crippen molar-refractivity contribution in [3.8, 4) is 0 Å². The van der Waals surface area contributed by atoms with Gasteiger partial charge in [-0.1, -0.05) is 18.2 Å². The molecule has 8 heteroatoms. The number of amides is 1. The van der Waals surface area contributed by atoms with Crippen LogP contribution >= 0.6 is 0 Å². The van der Waals surface area contributed by atoms with Crippen molar-refractivity contribution in [1.29, 1.82) is 0 Å². The zero-order chi connectivity index (χ0) is 20.1. The lowest BCUT2D eigenvalue weighted by molar-refractivity contribution is -0.146. The van der Waals surface area contributed by atoms with E-state index >= 15 is 0 Å². The number of carbonyl (C=O) groups is 2. The Balaban J connectivity index is 1.54. The smallest absolute Gasteiger partial charge is 0.326 e. The molecule has 0 saturated carbocycles. The summed E-state index contributed by atoms with van der Waals surface area (Å²) >= 11 is 0. The number of aliphatic hydroxyl groups is 1. The van der Waals surface area contributed by atoms with Crippen LogP contribution in [-0.2, 0) is 19.1 Å². The minimum absolute atomic E-state index is 0.0319. The third kappa shape index (κ3) is 4.45. The average Bonchev–Trinajstić information content (AvgIpc) is 2.74. The van der Waals surface area contributed by atoms with Crippen molar-refractivity contribution in [3.63, 3.8) is 0 Å². The van der Waals surface area contributed by atoms with Crippen molar-refractivity contribution in [2.24, 2.45) is 11.7 Å². The lowest BCUT2D eigenvalue weighted by atomic mass is 9.83. The molecular weight excluding hydrogens is 364 g/mol. The number of hydrogen-bond acceptors (Lipinski definition) is 6. The number of ether oxygens (including phenoxy) is 2. The van der Waals surface area contributed by atoms with Crippen molar-refractivity contribution >= 4 is 11.9 Å². The number of carbonyl (C=O) groups excluding carboxylic acids is 1. The van der Waals surface area contributed by atoms with Gasteiger partial charge in [0.05, 0.1) is 6.61 Å². The Morgan fingerprint density at radius 1 is 1.29 bits per heavy atom. The molecule has 1 saturated heterocycles. The number of carboxylic acid groups (broad SMARTS) is 1. The van der Waals surface area contributed by atoms with Gasteiger partial charge in [-0.3, -0.25) is 9.59 Å². The van der Waals surface area contributed by atoms with Crippen LogP contribution in [0.15, 0.2) is 47.8 Å². The molecule has 1 aliphatic carbocycles. The summed E-state index contributed by atoms with van der Waals surface area (Å²) in [6.45, 7) is 0.325. The Morgan fingerprint density at radius 2 is 2.04 bits per heavy atom. The second-order valence-electron chi connectivity index (χ2n) is 7.42. The Hall–Kier alpha value is -2.58. The first-order valence-electron chi connectivity index (χ1n) is 9.45. The lowest BCUT2D eigenvalue weighted by Crippen LogP contribution is -2.53. The summed E-state index contributed by atoms with van der Waals surface area (Å²) in [5, 5.41) is 18.5. The molecule has 0 aromatic heterocycles. The number of nitrogens with two attached hydrogens (primary N) is 1. The molecule has 28 heavy (non-hydrogen) atoms. The molecule has 8 nitrogen and oxygen atoms in total. The molecule has 1 amide bonds. The number of likely N-dealkylation sites (tertiary alicyclic amines) is 1. The largest absolute Gasteiger partial charge is 0.480 e. The first kappa shape index (κ1) is 20.2. The zero-order valence-corrected chi connectivity index (χ0v) is 15.7. The SMILES string of the molecule is N[C@@](CO)(CC1CCN(C(=O)C2=COC=C(C3=CC=CCC3)O2)CC1)C(=O)O. The van der Waals surface area contributed by atoms with Gasteiger partial charge in [0.15, 0.2) is 5.76 Å². The van der Waals surface area contributed by atoms with E-state index in [1.54, 1.807) is 4.90 Å². The van der Waals surface area contributed by atoms with Gasteiger partial charge in [0, 0.05) is 13.1 Å². The summed E-state index contributed by atoms with van der Waals surface area (Å²) in [7, 11) is 0. The highest BCUT2D eigenvalue weighted by molar-refractivity contribution is 5.91. The number of rotatable bonds is 6. The van der Waals surface area contributed by atoms with E-state index in [-0.39, 0.29) is 24.0 Å². The summed E-state index contributed by atoms with van der Waals surface area (Å²) in [5.74, 6) is -0.750. The quantitative estimate of drug-likeness (QED) is 0.626. The summed E-state index contributed by atoms with van der Waals surface area (Å²) in [5.41, 5.74) is 5.12. The predicted octanol–water partition coefficient (Wildman–Crippen LogP) is 1.40. The van der Waals surface area contributed by atoms with E-state index in [0.29, 0.717) is 31.7 Å². The van der Waals surface area contributed by atoms with Crippen LogP contribution in [0, 0.1) is 5.92 Å². The minimum atomic E-state index is -1.64. The molecule has 1 fully saturated rings. The highest BCUT2D eigenvalue weighted by Gasteiger charge is 2.38. The minimum Gasteiger partial charge on any atom is -0.480 e. The highest BCUT2D eigenvalue weighted by atomic mass is 16.5. The number of allylic oxidation sites excluding steroid dienone is 4. The van der Waals surface area contributed by atoms with E-state index in [4.69, 9.17) is 15.2 Å². The van der Waals surface area contributed by atoms with E-state index in [1.807, 2.05) is 12.2 Å². The van der Waals surface area contributed by atoms with Crippen molar-refractivity contribution in [2.45, 2.75) is 37.6 Å². The van der Waals surface area contributed by atoms with Crippen LogP contribution in [0.1, 0.15) is 32.1 Å². The van der Waals surface area contributed by atoms with Crippen molar-refractivity contribution < 1.29 is 29.3 Å². The Labute approximate surface area is 163 Å². The second kappa shape index (κ2) is 8.62. The molecule has 3 aliphatic rings. The van der Waals surface area contributed by atoms with Gasteiger partial charge in [-0.25, -0.2) is 0 Å². The lowest BCUT2D eigenvalue weighted by Gasteiger charge is -2.35. The summed E-state index contributed by atoms with van der Waals surface area (Å²) in [6.07, 6.45) is 11.9. The van der Waals surface area contributed by atoms with Crippen molar-refractivity contribution in [2.75, 3.05) is 19.7 Å². The van der Waals surface area contributed by atoms with Gasteiger partial charge < -0.3 is 30.3 Å². The Morgan fingerprint density at radius 3 is 2.64 bits per heavy atom. The molecule has 0 bridgehead atoms. The highest BCUT2D eigenvalue weighted by Crippen LogP contribution is 2.29. The van der Waals surface area contributed by atoms with Gasteiger partial charge in [0.1, 0.15) is 18.1 Å². The fourth-order valence-electron chi connectivity index (χ4n) is 3.60. The van der Waals surface area contributed by atoms with E-state index < -0.39 is 18.1 Å². The molecule has 0 aromatic carbocycles. The van der Waals surface area contributed by atoms with Crippen molar-refractivity contribution in [1.82, 2.24) is 4.90 Å².